The first-order valence-corrected chi connectivity index (χ1v) is 9.34. The van der Waals surface area contributed by atoms with Gasteiger partial charge in [0.1, 0.15) is 11.5 Å². The fourth-order valence-electron chi connectivity index (χ4n) is 3.37. The lowest BCUT2D eigenvalue weighted by Gasteiger charge is -2.07. The van der Waals surface area contributed by atoms with E-state index in [1.165, 1.54) is 23.0 Å². The predicted molar refractivity (Wildman–Crippen MR) is 112 cm³/mol. The smallest absolute Gasteiger partial charge is 0.295 e. The Morgan fingerprint density at radius 3 is 2.30 bits per heavy atom. The quantitative estimate of drug-likeness (QED) is 0.566. The highest BCUT2D eigenvalue weighted by molar-refractivity contribution is 6.05. The molecule has 1 amide bonds. The number of benzene rings is 2. The van der Waals surface area contributed by atoms with Crippen LogP contribution in [0.25, 0.3) is 11.4 Å². The lowest BCUT2D eigenvalue weighted by molar-refractivity contribution is 0.102. The van der Waals surface area contributed by atoms with Crippen molar-refractivity contribution in [1.29, 1.82) is 0 Å². The average molecular weight is 405 g/mol. The van der Waals surface area contributed by atoms with Gasteiger partial charge in [0.05, 0.1) is 34.5 Å². The van der Waals surface area contributed by atoms with Crippen molar-refractivity contribution in [2.45, 2.75) is 13.8 Å². The lowest BCUT2D eigenvalue weighted by Crippen LogP contribution is -2.23. The summed E-state index contributed by atoms with van der Waals surface area (Å²) in [6.07, 6.45) is 1.43. The summed E-state index contributed by atoms with van der Waals surface area (Å²) in [5, 5.41) is 6.97. The Hall–Kier alpha value is -3.94. The largest absolute Gasteiger partial charge is 0.316 e. The number of hydrogen-bond donors (Lipinski definition) is 1. The number of rotatable bonds is 4. The van der Waals surface area contributed by atoms with E-state index in [1.54, 1.807) is 42.4 Å². The normalized spacial score (nSPS) is 10.9. The summed E-state index contributed by atoms with van der Waals surface area (Å²) in [6.45, 7) is 3.51. The number of anilines is 1. The van der Waals surface area contributed by atoms with Gasteiger partial charge in [0.25, 0.3) is 11.5 Å². The number of halogens is 1. The molecule has 1 N–H and O–H groups in total. The molecule has 0 aliphatic heterocycles. The zero-order chi connectivity index (χ0) is 21.4. The second kappa shape index (κ2) is 7.47. The summed E-state index contributed by atoms with van der Waals surface area (Å²) in [7, 11) is 1.76. The second-order valence-electron chi connectivity index (χ2n) is 6.92. The number of carbonyl (C=O) groups excluding carboxylic acids is 1. The summed E-state index contributed by atoms with van der Waals surface area (Å²) in [4.78, 5) is 25.9. The van der Waals surface area contributed by atoms with Crippen LogP contribution in [0, 0.1) is 19.7 Å². The van der Waals surface area contributed by atoms with Gasteiger partial charge in [-0.15, -0.1) is 0 Å². The summed E-state index contributed by atoms with van der Waals surface area (Å²) in [5.74, 6) is -0.789. The molecule has 0 bridgehead atoms. The van der Waals surface area contributed by atoms with Crippen LogP contribution in [-0.2, 0) is 7.05 Å². The maximum Gasteiger partial charge on any atom is 0.295 e. The Morgan fingerprint density at radius 2 is 1.63 bits per heavy atom. The molecule has 2 aromatic heterocycles. The van der Waals surface area contributed by atoms with Crippen LogP contribution >= 0.6 is 0 Å². The van der Waals surface area contributed by atoms with Crippen LogP contribution in [0.4, 0.5) is 10.1 Å². The summed E-state index contributed by atoms with van der Waals surface area (Å²) < 4.78 is 17.9. The fraction of sp³-hybridized carbons (Fsp3) is 0.136. The molecule has 0 atom stereocenters. The zero-order valence-corrected chi connectivity index (χ0v) is 16.8. The van der Waals surface area contributed by atoms with E-state index in [1.807, 2.05) is 30.3 Å². The van der Waals surface area contributed by atoms with Gasteiger partial charge in [0, 0.05) is 7.05 Å². The SMILES string of the molecule is Cc1c(C(=O)Nc2c(C)n(C)n(-c3ccccc3)c2=O)cnn1-c1ccc(F)cc1. The third-order valence-electron chi connectivity index (χ3n) is 5.12. The van der Waals surface area contributed by atoms with Crippen LogP contribution in [0.1, 0.15) is 21.7 Å². The molecule has 4 aromatic rings. The second-order valence-corrected chi connectivity index (χ2v) is 6.92. The highest BCUT2D eigenvalue weighted by Crippen LogP contribution is 2.18. The highest BCUT2D eigenvalue weighted by atomic mass is 19.1. The van der Waals surface area contributed by atoms with Crippen molar-refractivity contribution in [1.82, 2.24) is 19.1 Å². The highest BCUT2D eigenvalue weighted by Gasteiger charge is 2.21. The molecule has 4 rings (SSSR count). The average Bonchev–Trinajstić information content (AvgIpc) is 3.22. The van der Waals surface area contributed by atoms with Crippen molar-refractivity contribution < 1.29 is 9.18 Å². The van der Waals surface area contributed by atoms with Crippen molar-refractivity contribution in [3.63, 3.8) is 0 Å². The maximum atomic E-state index is 13.2. The minimum Gasteiger partial charge on any atom is -0.316 e. The molecule has 0 spiro atoms. The molecule has 0 aliphatic rings. The Labute approximate surface area is 172 Å². The monoisotopic (exact) mass is 405 g/mol. The van der Waals surface area contributed by atoms with Gasteiger partial charge in [0.2, 0.25) is 0 Å². The molecule has 2 aromatic carbocycles. The van der Waals surface area contributed by atoms with E-state index in [4.69, 9.17) is 0 Å². The number of aromatic nitrogens is 4. The standard InChI is InChI=1S/C22H20FN5O2/c1-14-19(13-24-27(14)17-11-9-16(23)10-12-17)21(29)25-20-15(2)26(3)28(22(20)30)18-7-5-4-6-8-18/h4-13H,1-3H3,(H,25,29). The number of carbonyl (C=O) groups is 1. The van der Waals surface area contributed by atoms with Gasteiger partial charge in [-0.1, -0.05) is 18.2 Å². The Kier molecular flexibility index (Phi) is 4.83. The van der Waals surface area contributed by atoms with E-state index < -0.39 is 5.91 Å². The summed E-state index contributed by atoms with van der Waals surface area (Å²) in [6, 6.07) is 15.0. The Morgan fingerprint density at radius 1 is 0.967 bits per heavy atom. The summed E-state index contributed by atoms with van der Waals surface area (Å²) in [5.41, 5.74) is 2.76. The van der Waals surface area contributed by atoms with E-state index in [9.17, 15) is 14.0 Å². The first-order valence-electron chi connectivity index (χ1n) is 9.34. The van der Waals surface area contributed by atoms with Gasteiger partial charge >= 0.3 is 0 Å². The molecule has 0 unspecified atom stereocenters. The first kappa shape index (κ1) is 19.4. The number of nitrogens with one attached hydrogen (secondary N) is 1. The molecule has 0 saturated heterocycles. The van der Waals surface area contributed by atoms with E-state index in [0.717, 1.165) is 0 Å². The third-order valence-corrected chi connectivity index (χ3v) is 5.12. The zero-order valence-electron chi connectivity index (χ0n) is 16.8. The van der Waals surface area contributed by atoms with Crippen molar-refractivity contribution >= 4 is 11.6 Å². The molecule has 2 heterocycles. The van der Waals surface area contributed by atoms with E-state index in [-0.39, 0.29) is 17.1 Å². The maximum absolute atomic E-state index is 13.2. The van der Waals surface area contributed by atoms with Crippen LogP contribution in [0.3, 0.4) is 0 Å². The van der Waals surface area contributed by atoms with Gasteiger partial charge < -0.3 is 5.32 Å². The molecular weight excluding hydrogens is 385 g/mol. The third kappa shape index (κ3) is 3.22. The molecule has 152 valence electrons. The molecule has 0 radical (unpaired) electrons. The molecule has 0 fully saturated rings. The minimum absolute atomic E-state index is 0.209. The van der Waals surface area contributed by atoms with Gasteiger partial charge in [0.15, 0.2) is 0 Å². The van der Waals surface area contributed by atoms with Crippen LogP contribution in [0.15, 0.2) is 65.6 Å². The first-order chi connectivity index (χ1) is 14.4. The Bertz CT molecular complexity index is 1280. The minimum atomic E-state index is -0.438. The van der Waals surface area contributed by atoms with Crippen LogP contribution in [0.5, 0.6) is 0 Å². The number of amides is 1. The fourth-order valence-corrected chi connectivity index (χ4v) is 3.37. The van der Waals surface area contributed by atoms with Crippen LogP contribution in [0.2, 0.25) is 0 Å². The van der Waals surface area contributed by atoms with Gasteiger partial charge in [-0.2, -0.15) is 5.10 Å². The molecule has 30 heavy (non-hydrogen) atoms. The van der Waals surface area contributed by atoms with Crippen molar-refractivity contribution in [3.05, 3.63) is 93.9 Å². The van der Waals surface area contributed by atoms with Crippen molar-refractivity contribution in [3.8, 4) is 11.4 Å². The molecule has 0 saturated carbocycles. The predicted octanol–water partition coefficient (Wildman–Crippen LogP) is 3.37. The molecule has 7 nitrogen and oxygen atoms in total. The van der Waals surface area contributed by atoms with Crippen molar-refractivity contribution in [2.75, 3.05) is 5.32 Å². The Balaban J connectivity index is 1.67. The topological polar surface area (TPSA) is 73.8 Å². The van der Waals surface area contributed by atoms with Gasteiger partial charge in [-0.05, 0) is 50.2 Å². The molecule has 0 aliphatic carbocycles. The van der Waals surface area contributed by atoms with Gasteiger partial charge in [-0.3, -0.25) is 14.3 Å². The van der Waals surface area contributed by atoms with E-state index >= 15 is 0 Å². The van der Waals surface area contributed by atoms with Crippen molar-refractivity contribution in [2.24, 2.45) is 7.05 Å². The molecular formula is C22H20FN5O2. The molecule has 8 heteroatoms. The van der Waals surface area contributed by atoms with Gasteiger partial charge in [-0.25, -0.2) is 13.8 Å². The number of nitrogens with zero attached hydrogens (tertiary/aromatic N) is 4. The van der Waals surface area contributed by atoms with Crippen LogP contribution in [-0.4, -0.2) is 25.1 Å². The lowest BCUT2D eigenvalue weighted by atomic mass is 10.2. The van der Waals surface area contributed by atoms with E-state index in [0.29, 0.717) is 28.3 Å². The van der Waals surface area contributed by atoms with E-state index in [2.05, 4.69) is 10.4 Å². The number of para-hydroxylation sites is 1. The number of hydrogen-bond acceptors (Lipinski definition) is 3. The van der Waals surface area contributed by atoms with Crippen LogP contribution < -0.4 is 10.9 Å². The summed E-state index contributed by atoms with van der Waals surface area (Å²) >= 11 is 0.